The molecule has 11 rings (SSSR count). The first-order chi connectivity index (χ1) is 35.2. The molecule has 1 amide bonds. The average Bonchev–Trinajstić information content (AvgIpc) is 3.66. The minimum absolute atomic E-state index is 0.0307. The molecule has 4 saturated carbocycles. The van der Waals surface area contributed by atoms with Gasteiger partial charge in [0.25, 0.3) is 5.91 Å². The van der Waals surface area contributed by atoms with Crippen LogP contribution in [0.4, 0.5) is 0 Å². The monoisotopic (exact) mass is 971 g/mol. The number of nitrogens with one attached hydrogen (secondary N) is 1. The highest BCUT2D eigenvalue weighted by Crippen LogP contribution is 2.58. The number of aromatic hydroxyl groups is 1. The van der Waals surface area contributed by atoms with Gasteiger partial charge in [0.2, 0.25) is 0 Å². The first kappa shape index (κ1) is 49.2. The highest BCUT2D eigenvalue weighted by atomic mass is 16.5. The molecule has 3 N–H and O–H groups in total. The van der Waals surface area contributed by atoms with Crippen LogP contribution in [0.3, 0.4) is 0 Å². The fourth-order valence-corrected chi connectivity index (χ4v) is 12.7. The number of fused-ring (bicyclic) bond motifs is 2. The molecule has 1 saturated heterocycles. The lowest BCUT2D eigenvalue weighted by Crippen LogP contribution is -2.40. The summed E-state index contributed by atoms with van der Waals surface area (Å²) < 4.78 is 18.5. The SMILES string of the molecule is O=C(NCCCCCCOc1ccc(C(=C2C3C[C@H]4CC2C[C@@H](C3)C4)c2ccc(OCCCCCCN3CCCCCC3)cc2)cc1)c1ccc(-c2c3ccc(=O)cc-3oc3cc(O)ccc23)c(C(=O)O)c1. The summed E-state index contributed by atoms with van der Waals surface area (Å²) in [6.07, 6.45) is 20.7. The number of nitrogens with zero attached hydrogens (tertiary/aromatic N) is 1. The number of phenolic OH excluding ortho intramolecular Hbond substituents is 1. The van der Waals surface area contributed by atoms with Crippen LogP contribution in [0.1, 0.15) is 141 Å². The maximum Gasteiger partial charge on any atom is 0.336 e. The standard InChI is InChI=1S/C62H70N2O8/c65-48-18-25-53-56(39-48)72-57-40-49(66)19-26-54(57)60(53)52-24-17-45(38-55(52)62(68)69)61(67)63-27-7-1-5-11-31-70-50-20-13-43(14-21-50)58(59-46-34-41-33-42(36-46)37-47(59)35-41)44-15-22-51(23-16-44)71-32-12-6-4-10-30-64-28-8-2-3-9-29-64/h13-26,38-42,46-47,65H,1-12,27-37H2,(H,63,67)(H,68,69)/t41-,42+,46?,47?. The average molecular weight is 971 g/mol. The van der Waals surface area contributed by atoms with E-state index in [1.165, 1.54) is 144 Å². The minimum atomic E-state index is -1.20. The summed E-state index contributed by atoms with van der Waals surface area (Å²) in [5.41, 5.74) is 7.31. The Bertz CT molecular complexity index is 2860. The molecule has 0 spiro atoms. The topological polar surface area (TPSA) is 139 Å². The number of carboxylic acid groups (broad SMARTS) is 1. The van der Waals surface area contributed by atoms with Gasteiger partial charge < -0.3 is 34.3 Å². The largest absolute Gasteiger partial charge is 0.508 e. The number of aromatic carboxylic acids is 1. The van der Waals surface area contributed by atoms with E-state index in [1.54, 1.807) is 29.8 Å². The van der Waals surface area contributed by atoms with Gasteiger partial charge in [-0.3, -0.25) is 9.59 Å². The predicted octanol–water partition coefficient (Wildman–Crippen LogP) is 13.4. The Hall–Kier alpha value is -6.39. The van der Waals surface area contributed by atoms with Gasteiger partial charge in [-0.05, 0) is 197 Å². The molecule has 72 heavy (non-hydrogen) atoms. The van der Waals surface area contributed by atoms with E-state index < -0.39 is 5.97 Å². The van der Waals surface area contributed by atoms with Gasteiger partial charge in [0.05, 0.1) is 18.8 Å². The summed E-state index contributed by atoms with van der Waals surface area (Å²) in [4.78, 5) is 40.8. The fourth-order valence-electron chi connectivity index (χ4n) is 12.7. The molecule has 0 atom stereocenters. The zero-order chi connectivity index (χ0) is 49.4. The Kier molecular flexibility index (Phi) is 15.7. The summed E-state index contributed by atoms with van der Waals surface area (Å²) in [7, 11) is 0. The lowest BCUT2D eigenvalue weighted by atomic mass is 9.53. The maximum absolute atomic E-state index is 13.3. The smallest absolute Gasteiger partial charge is 0.336 e. The van der Waals surface area contributed by atoms with E-state index in [0.29, 0.717) is 52.6 Å². The second-order valence-corrected chi connectivity index (χ2v) is 21.1. The van der Waals surface area contributed by atoms with Gasteiger partial charge in [-0.1, -0.05) is 74.4 Å². The van der Waals surface area contributed by atoms with Gasteiger partial charge in [-0.15, -0.1) is 0 Å². The molecule has 10 heteroatoms. The van der Waals surface area contributed by atoms with Crippen LogP contribution < -0.4 is 20.2 Å². The molecule has 0 radical (unpaired) electrons. The van der Waals surface area contributed by atoms with Crippen LogP contribution in [0.2, 0.25) is 0 Å². The number of rotatable bonds is 21. The number of hydrogen-bond donors (Lipinski definition) is 3. The maximum atomic E-state index is 13.3. The van der Waals surface area contributed by atoms with Crippen LogP contribution in [0.25, 0.3) is 39.0 Å². The van der Waals surface area contributed by atoms with E-state index in [0.717, 1.165) is 62.0 Å². The van der Waals surface area contributed by atoms with E-state index in [4.69, 9.17) is 13.9 Å². The number of unbranched alkanes of at least 4 members (excludes halogenated alkanes) is 6. The number of benzene rings is 5. The number of carboxylic acids is 1. The summed E-state index contributed by atoms with van der Waals surface area (Å²) in [5.74, 6) is 3.67. The number of phenols is 1. The predicted molar refractivity (Wildman–Crippen MR) is 284 cm³/mol. The number of carbonyl (C=O) groups is 2. The molecular weight excluding hydrogens is 901 g/mol. The third-order valence-corrected chi connectivity index (χ3v) is 16.0. The van der Waals surface area contributed by atoms with E-state index in [2.05, 4.69) is 58.7 Å². The molecule has 376 valence electrons. The normalized spacial score (nSPS) is 19.6. The van der Waals surface area contributed by atoms with E-state index in [1.807, 2.05) is 0 Å². The molecule has 2 heterocycles. The zero-order valence-electron chi connectivity index (χ0n) is 41.7. The molecule has 7 aliphatic rings. The number of amides is 1. The number of hydrogen-bond acceptors (Lipinski definition) is 8. The van der Waals surface area contributed by atoms with Gasteiger partial charge in [0.15, 0.2) is 5.43 Å². The first-order valence-corrected chi connectivity index (χ1v) is 27.0. The van der Waals surface area contributed by atoms with Crippen LogP contribution in [-0.4, -0.2) is 66.4 Å². The van der Waals surface area contributed by atoms with Crippen molar-refractivity contribution in [2.24, 2.45) is 23.7 Å². The molecule has 4 bridgehead atoms. The lowest BCUT2D eigenvalue weighted by molar-refractivity contribution is 0.0697. The Morgan fingerprint density at radius 2 is 1.22 bits per heavy atom. The van der Waals surface area contributed by atoms with Crippen LogP contribution in [0.15, 0.2) is 118 Å². The third-order valence-electron chi connectivity index (χ3n) is 16.0. The summed E-state index contributed by atoms with van der Waals surface area (Å²) >= 11 is 0. The fraction of sp³-hybridized carbons (Fsp3) is 0.435. The van der Waals surface area contributed by atoms with E-state index in [-0.39, 0.29) is 34.0 Å². The minimum Gasteiger partial charge on any atom is -0.508 e. The van der Waals surface area contributed by atoms with Gasteiger partial charge in [0, 0.05) is 40.8 Å². The number of allylic oxidation sites excluding steroid dienone is 1. The van der Waals surface area contributed by atoms with Crippen molar-refractivity contribution in [3.05, 3.63) is 141 Å². The van der Waals surface area contributed by atoms with Gasteiger partial charge >= 0.3 is 5.97 Å². The van der Waals surface area contributed by atoms with Crippen molar-refractivity contribution in [3.63, 3.8) is 0 Å². The Morgan fingerprint density at radius 3 is 1.86 bits per heavy atom. The molecule has 5 fully saturated rings. The number of likely N-dealkylation sites (tertiary alicyclic amines) is 1. The Labute approximate surface area is 423 Å². The first-order valence-electron chi connectivity index (χ1n) is 27.0. The third kappa shape index (κ3) is 11.6. The van der Waals surface area contributed by atoms with Crippen molar-refractivity contribution < 1.29 is 33.7 Å². The molecule has 0 unspecified atom stereocenters. The number of ether oxygens (including phenoxy) is 2. The summed E-state index contributed by atoms with van der Waals surface area (Å²) in [5, 5.41) is 24.0. The summed E-state index contributed by atoms with van der Waals surface area (Å²) in [6.45, 7) is 5.66. The van der Waals surface area contributed by atoms with Crippen molar-refractivity contribution >= 4 is 28.4 Å². The van der Waals surface area contributed by atoms with Gasteiger partial charge in [0.1, 0.15) is 28.6 Å². The second-order valence-electron chi connectivity index (χ2n) is 21.1. The molecule has 5 aliphatic carbocycles. The Morgan fingerprint density at radius 1 is 0.625 bits per heavy atom. The quantitative estimate of drug-likeness (QED) is 0.0475. The molecule has 2 aliphatic heterocycles. The Balaban J connectivity index is 0.698. The zero-order valence-corrected chi connectivity index (χ0v) is 41.7. The lowest BCUT2D eigenvalue weighted by Gasteiger charge is -2.52. The van der Waals surface area contributed by atoms with Crippen molar-refractivity contribution in [2.75, 3.05) is 39.4 Å². The van der Waals surface area contributed by atoms with E-state index in [9.17, 15) is 24.6 Å². The van der Waals surface area contributed by atoms with Gasteiger partial charge in [-0.25, -0.2) is 4.79 Å². The van der Waals surface area contributed by atoms with E-state index >= 15 is 0 Å². The molecule has 4 aromatic carbocycles. The van der Waals surface area contributed by atoms with Crippen LogP contribution in [0.5, 0.6) is 17.2 Å². The highest BCUT2D eigenvalue weighted by molar-refractivity contribution is 6.09. The summed E-state index contributed by atoms with van der Waals surface area (Å²) in [6, 6.07) is 31.2. The van der Waals surface area contributed by atoms with Crippen LogP contribution in [0, 0.1) is 23.7 Å². The van der Waals surface area contributed by atoms with Crippen molar-refractivity contribution in [1.29, 1.82) is 0 Å². The molecule has 4 aromatic rings. The van der Waals surface area contributed by atoms with Crippen LogP contribution in [-0.2, 0) is 0 Å². The molecular formula is C62H70N2O8. The second kappa shape index (κ2) is 23.0. The van der Waals surface area contributed by atoms with Crippen LogP contribution >= 0.6 is 0 Å². The van der Waals surface area contributed by atoms with Crippen molar-refractivity contribution in [2.45, 2.75) is 109 Å². The molecule has 10 nitrogen and oxygen atoms in total. The van der Waals surface area contributed by atoms with Gasteiger partial charge in [-0.2, -0.15) is 0 Å². The van der Waals surface area contributed by atoms with Crippen molar-refractivity contribution in [1.82, 2.24) is 10.2 Å². The van der Waals surface area contributed by atoms with Crippen molar-refractivity contribution in [3.8, 4) is 39.7 Å². The molecule has 0 aromatic heterocycles. The number of carbonyl (C=O) groups excluding carboxylic acids is 1. The highest BCUT2D eigenvalue weighted by Gasteiger charge is 2.46.